The molecule has 1 fully saturated rings. The van der Waals surface area contributed by atoms with Gasteiger partial charge in [-0.1, -0.05) is 13.8 Å². The Morgan fingerprint density at radius 1 is 1.62 bits per heavy atom. The molecule has 0 radical (unpaired) electrons. The SMILES string of the molecule is CCOC(=O)CN1CC1CC(C)C. The number of esters is 1. The Kier molecular flexibility index (Phi) is 3.72. The van der Waals surface area contributed by atoms with Crippen molar-refractivity contribution in [1.82, 2.24) is 4.90 Å². The maximum absolute atomic E-state index is 11.1. The van der Waals surface area contributed by atoms with Crippen LogP contribution < -0.4 is 0 Å². The summed E-state index contributed by atoms with van der Waals surface area (Å²) in [6.07, 6.45) is 1.19. The first kappa shape index (κ1) is 10.5. The Labute approximate surface area is 80.1 Å². The highest BCUT2D eigenvalue weighted by molar-refractivity contribution is 5.72. The summed E-state index contributed by atoms with van der Waals surface area (Å²) in [5.74, 6) is 0.631. The highest BCUT2D eigenvalue weighted by atomic mass is 16.5. The van der Waals surface area contributed by atoms with Crippen molar-refractivity contribution in [2.45, 2.75) is 33.2 Å². The molecular formula is C10H19NO2. The minimum absolute atomic E-state index is 0.0891. The highest BCUT2D eigenvalue weighted by Crippen LogP contribution is 2.23. The molecule has 1 heterocycles. The van der Waals surface area contributed by atoms with Crippen LogP contribution in [-0.4, -0.2) is 36.6 Å². The van der Waals surface area contributed by atoms with E-state index in [4.69, 9.17) is 4.74 Å². The molecule has 2 unspecified atom stereocenters. The van der Waals surface area contributed by atoms with Crippen LogP contribution in [0, 0.1) is 5.92 Å². The fraction of sp³-hybridized carbons (Fsp3) is 0.900. The van der Waals surface area contributed by atoms with Gasteiger partial charge in [-0.25, -0.2) is 0 Å². The van der Waals surface area contributed by atoms with Gasteiger partial charge in [-0.3, -0.25) is 9.69 Å². The van der Waals surface area contributed by atoms with Gasteiger partial charge in [0.25, 0.3) is 0 Å². The molecule has 1 aliphatic rings. The molecule has 76 valence electrons. The van der Waals surface area contributed by atoms with Crippen molar-refractivity contribution in [2.75, 3.05) is 19.7 Å². The summed E-state index contributed by atoms with van der Waals surface area (Å²) < 4.78 is 4.87. The van der Waals surface area contributed by atoms with Gasteiger partial charge in [0.1, 0.15) is 0 Å². The average Bonchev–Trinajstić information content (AvgIpc) is 2.66. The van der Waals surface area contributed by atoms with E-state index in [1.165, 1.54) is 6.42 Å². The molecule has 0 saturated carbocycles. The number of carbonyl (C=O) groups excluding carboxylic acids is 1. The minimum Gasteiger partial charge on any atom is -0.465 e. The van der Waals surface area contributed by atoms with Crippen LogP contribution in [0.5, 0.6) is 0 Å². The van der Waals surface area contributed by atoms with E-state index in [0.717, 1.165) is 12.5 Å². The van der Waals surface area contributed by atoms with Gasteiger partial charge in [-0.2, -0.15) is 0 Å². The quantitative estimate of drug-likeness (QED) is 0.477. The second-order valence-electron chi connectivity index (χ2n) is 4.02. The van der Waals surface area contributed by atoms with E-state index < -0.39 is 0 Å². The van der Waals surface area contributed by atoms with E-state index in [1.54, 1.807) is 0 Å². The molecule has 1 rings (SSSR count). The number of hydrogen-bond acceptors (Lipinski definition) is 3. The Hall–Kier alpha value is -0.570. The first-order valence-corrected chi connectivity index (χ1v) is 5.03. The molecule has 1 saturated heterocycles. The Morgan fingerprint density at radius 2 is 2.31 bits per heavy atom. The number of nitrogens with zero attached hydrogens (tertiary/aromatic N) is 1. The predicted molar refractivity (Wildman–Crippen MR) is 51.4 cm³/mol. The Bertz CT molecular complexity index is 180. The van der Waals surface area contributed by atoms with Crippen molar-refractivity contribution in [2.24, 2.45) is 5.92 Å². The third-order valence-electron chi connectivity index (χ3n) is 2.21. The normalized spacial score (nSPS) is 26.2. The predicted octanol–water partition coefficient (Wildman–Crippen LogP) is 1.28. The summed E-state index contributed by atoms with van der Waals surface area (Å²) in [6, 6.07) is 0.629. The van der Waals surface area contributed by atoms with Crippen molar-refractivity contribution in [3.8, 4) is 0 Å². The third-order valence-corrected chi connectivity index (χ3v) is 2.21. The van der Waals surface area contributed by atoms with Crippen LogP contribution in [0.2, 0.25) is 0 Å². The molecule has 2 atom stereocenters. The zero-order valence-corrected chi connectivity index (χ0v) is 8.75. The second kappa shape index (κ2) is 4.61. The largest absolute Gasteiger partial charge is 0.465 e. The minimum atomic E-state index is -0.0891. The summed E-state index contributed by atoms with van der Waals surface area (Å²) in [4.78, 5) is 13.2. The van der Waals surface area contributed by atoms with Gasteiger partial charge in [-0.15, -0.1) is 0 Å². The van der Waals surface area contributed by atoms with Gasteiger partial charge in [0.15, 0.2) is 0 Å². The molecule has 0 bridgehead atoms. The lowest BCUT2D eigenvalue weighted by Crippen LogP contribution is -2.18. The monoisotopic (exact) mass is 185 g/mol. The molecule has 13 heavy (non-hydrogen) atoms. The van der Waals surface area contributed by atoms with Crippen LogP contribution in [-0.2, 0) is 9.53 Å². The first-order valence-electron chi connectivity index (χ1n) is 5.03. The summed E-state index contributed by atoms with van der Waals surface area (Å²) in [7, 11) is 0. The maximum atomic E-state index is 11.1. The van der Waals surface area contributed by atoms with Crippen molar-refractivity contribution < 1.29 is 9.53 Å². The molecule has 1 aliphatic heterocycles. The van der Waals surface area contributed by atoms with E-state index in [0.29, 0.717) is 19.2 Å². The van der Waals surface area contributed by atoms with Crippen LogP contribution in [0.1, 0.15) is 27.2 Å². The van der Waals surface area contributed by atoms with Crippen molar-refractivity contribution in [3.05, 3.63) is 0 Å². The Balaban J connectivity index is 2.10. The molecule has 0 aromatic rings. The van der Waals surface area contributed by atoms with Crippen molar-refractivity contribution in [3.63, 3.8) is 0 Å². The van der Waals surface area contributed by atoms with Crippen LogP contribution in [0.15, 0.2) is 0 Å². The van der Waals surface area contributed by atoms with Crippen molar-refractivity contribution in [1.29, 1.82) is 0 Å². The molecular weight excluding hydrogens is 166 g/mol. The lowest BCUT2D eigenvalue weighted by atomic mass is 10.1. The molecule has 0 N–H and O–H groups in total. The maximum Gasteiger partial charge on any atom is 0.320 e. The molecule has 0 aliphatic carbocycles. The van der Waals surface area contributed by atoms with Gasteiger partial charge in [-0.05, 0) is 19.3 Å². The van der Waals surface area contributed by atoms with Gasteiger partial charge >= 0.3 is 5.97 Å². The number of carbonyl (C=O) groups is 1. The fourth-order valence-corrected chi connectivity index (χ4v) is 1.56. The third kappa shape index (κ3) is 3.77. The molecule has 0 amide bonds. The first-order chi connectivity index (χ1) is 6.13. The zero-order chi connectivity index (χ0) is 9.84. The topological polar surface area (TPSA) is 29.3 Å². The zero-order valence-electron chi connectivity index (χ0n) is 8.75. The van der Waals surface area contributed by atoms with Crippen molar-refractivity contribution >= 4 is 5.97 Å². The van der Waals surface area contributed by atoms with Crippen LogP contribution in [0.4, 0.5) is 0 Å². The molecule has 3 heteroatoms. The molecule has 0 spiro atoms. The van der Waals surface area contributed by atoms with Gasteiger partial charge in [0.2, 0.25) is 0 Å². The smallest absolute Gasteiger partial charge is 0.320 e. The van der Waals surface area contributed by atoms with Crippen LogP contribution in [0.25, 0.3) is 0 Å². The molecule has 3 nitrogen and oxygen atoms in total. The van der Waals surface area contributed by atoms with Gasteiger partial charge in [0.05, 0.1) is 13.2 Å². The lowest BCUT2D eigenvalue weighted by Gasteiger charge is -2.05. The number of ether oxygens (including phenoxy) is 1. The standard InChI is InChI=1S/C10H19NO2/c1-4-13-10(12)7-11-6-9(11)5-8(2)3/h8-9H,4-7H2,1-3H3. The summed E-state index contributed by atoms with van der Waals surface area (Å²) in [6.45, 7) is 8.29. The molecule has 0 aromatic heterocycles. The average molecular weight is 185 g/mol. The number of rotatable bonds is 5. The summed E-state index contributed by atoms with van der Waals surface area (Å²) in [5, 5.41) is 0. The Morgan fingerprint density at radius 3 is 2.85 bits per heavy atom. The fourth-order valence-electron chi connectivity index (χ4n) is 1.56. The van der Waals surface area contributed by atoms with E-state index in [1.807, 2.05) is 6.92 Å². The number of hydrogen-bond donors (Lipinski definition) is 0. The van der Waals surface area contributed by atoms with E-state index >= 15 is 0 Å². The summed E-state index contributed by atoms with van der Waals surface area (Å²) >= 11 is 0. The second-order valence-corrected chi connectivity index (χ2v) is 4.02. The van der Waals surface area contributed by atoms with Gasteiger partial charge < -0.3 is 4.74 Å². The van der Waals surface area contributed by atoms with E-state index in [-0.39, 0.29) is 5.97 Å². The van der Waals surface area contributed by atoms with Crippen LogP contribution >= 0.6 is 0 Å². The van der Waals surface area contributed by atoms with Crippen LogP contribution in [0.3, 0.4) is 0 Å². The van der Waals surface area contributed by atoms with Gasteiger partial charge in [0, 0.05) is 12.6 Å². The molecule has 0 aromatic carbocycles. The van der Waals surface area contributed by atoms with E-state index in [9.17, 15) is 4.79 Å². The lowest BCUT2D eigenvalue weighted by molar-refractivity contribution is -0.143. The summed E-state index contributed by atoms with van der Waals surface area (Å²) in [5.41, 5.74) is 0. The highest BCUT2D eigenvalue weighted by Gasteiger charge is 2.35. The van der Waals surface area contributed by atoms with E-state index in [2.05, 4.69) is 18.7 Å².